The Labute approximate surface area is 148 Å². The molecule has 1 N–H and O–H groups in total. The molecular formula is C17H18BrNO3S. The molecule has 0 unspecified atom stereocenters. The van der Waals surface area contributed by atoms with E-state index in [0.29, 0.717) is 0 Å². The summed E-state index contributed by atoms with van der Waals surface area (Å²) < 4.78 is 11.6. The summed E-state index contributed by atoms with van der Waals surface area (Å²) in [5.41, 5.74) is 1.85. The van der Waals surface area contributed by atoms with Gasteiger partial charge in [0.1, 0.15) is 11.5 Å². The van der Waals surface area contributed by atoms with Gasteiger partial charge < -0.3 is 14.8 Å². The Kier molecular flexibility index (Phi) is 6.36. The highest BCUT2D eigenvalue weighted by molar-refractivity contribution is 9.10. The first-order valence-corrected chi connectivity index (χ1v) is 8.72. The fourth-order valence-electron chi connectivity index (χ4n) is 2.04. The van der Waals surface area contributed by atoms with Gasteiger partial charge in [-0.1, -0.05) is 0 Å². The zero-order valence-corrected chi connectivity index (χ0v) is 15.6. The molecule has 2 rings (SSSR count). The van der Waals surface area contributed by atoms with E-state index in [1.54, 1.807) is 26.0 Å². The van der Waals surface area contributed by atoms with Gasteiger partial charge >= 0.3 is 0 Å². The van der Waals surface area contributed by atoms with Gasteiger partial charge in [0.25, 0.3) is 0 Å². The first-order valence-electron chi connectivity index (χ1n) is 6.94. The molecule has 122 valence electrons. The third-order valence-electron chi connectivity index (χ3n) is 3.12. The number of hydrogen-bond donors (Lipinski definition) is 1. The van der Waals surface area contributed by atoms with Crippen LogP contribution in [0.15, 0.2) is 45.8 Å². The number of carbonyl (C=O) groups excluding carboxylic acids is 1. The molecule has 0 aliphatic rings. The number of benzene rings is 2. The van der Waals surface area contributed by atoms with Gasteiger partial charge in [0.05, 0.1) is 18.7 Å². The van der Waals surface area contributed by atoms with E-state index < -0.39 is 0 Å². The van der Waals surface area contributed by atoms with Crippen LogP contribution in [0.2, 0.25) is 0 Å². The summed E-state index contributed by atoms with van der Waals surface area (Å²) in [5.74, 6) is 2.28. The standard InChI is InChI=1S/C17H18BrNO3S/c1-11(20)19-13-4-6-14(7-5-13)23-10-12-8-17(22-3)15(18)9-16(12)21-2/h4-9H,10H2,1-3H3,(H,19,20). The van der Waals surface area contributed by atoms with Gasteiger partial charge in [0.2, 0.25) is 5.91 Å². The van der Waals surface area contributed by atoms with Crippen LogP contribution in [0.3, 0.4) is 0 Å². The molecule has 2 aromatic carbocycles. The van der Waals surface area contributed by atoms with Crippen LogP contribution in [-0.2, 0) is 10.5 Å². The second-order valence-corrected chi connectivity index (χ2v) is 6.70. The molecule has 0 saturated heterocycles. The van der Waals surface area contributed by atoms with Crippen molar-refractivity contribution >= 4 is 39.3 Å². The Hall–Kier alpha value is -1.66. The predicted octanol–water partition coefficient (Wildman–Crippen LogP) is 4.72. The van der Waals surface area contributed by atoms with Crippen molar-refractivity contribution < 1.29 is 14.3 Å². The van der Waals surface area contributed by atoms with Gasteiger partial charge in [-0.2, -0.15) is 0 Å². The number of hydrogen-bond acceptors (Lipinski definition) is 4. The lowest BCUT2D eigenvalue weighted by Gasteiger charge is -2.12. The fraction of sp³-hybridized carbons (Fsp3) is 0.235. The number of methoxy groups -OCH3 is 2. The Bertz CT molecular complexity index is 689. The van der Waals surface area contributed by atoms with Crippen LogP contribution in [0.4, 0.5) is 5.69 Å². The number of rotatable bonds is 6. The molecule has 0 heterocycles. The van der Waals surface area contributed by atoms with Crippen LogP contribution in [0.5, 0.6) is 11.5 Å². The van der Waals surface area contributed by atoms with Crippen molar-refractivity contribution in [3.05, 3.63) is 46.4 Å². The van der Waals surface area contributed by atoms with Crippen molar-refractivity contribution in [1.82, 2.24) is 0 Å². The highest BCUT2D eigenvalue weighted by Gasteiger charge is 2.10. The first kappa shape index (κ1) is 17.7. The van der Waals surface area contributed by atoms with Gasteiger partial charge in [-0.05, 0) is 52.3 Å². The molecule has 0 radical (unpaired) electrons. The van der Waals surface area contributed by atoms with E-state index in [2.05, 4.69) is 21.2 Å². The molecule has 23 heavy (non-hydrogen) atoms. The van der Waals surface area contributed by atoms with Crippen molar-refractivity contribution in [2.75, 3.05) is 19.5 Å². The number of nitrogens with one attached hydrogen (secondary N) is 1. The molecule has 0 aliphatic heterocycles. The van der Waals surface area contributed by atoms with Crippen molar-refractivity contribution in [2.45, 2.75) is 17.6 Å². The smallest absolute Gasteiger partial charge is 0.221 e. The lowest BCUT2D eigenvalue weighted by molar-refractivity contribution is -0.114. The van der Waals surface area contributed by atoms with Crippen LogP contribution in [0, 0.1) is 0 Å². The van der Waals surface area contributed by atoms with E-state index in [0.717, 1.165) is 37.9 Å². The first-order chi connectivity index (χ1) is 11.0. The number of amides is 1. The zero-order valence-electron chi connectivity index (χ0n) is 13.2. The number of ether oxygens (including phenoxy) is 2. The molecule has 0 aliphatic carbocycles. The van der Waals surface area contributed by atoms with E-state index in [4.69, 9.17) is 9.47 Å². The molecule has 2 aromatic rings. The van der Waals surface area contributed by atoms with Gasteiger partial charge in [-0.25, -0.2) is 0 Å². The number of halogens is 1. The Morgan fingerprint density at radius 1 is 1.13 bits per heavy atom. The molecular weight excluding hydrogens is 378 g/mol. The van der Waals surface area contributed by atoms with Crippen LogP contribution in [0.1, 0.15) is 12.5 Å². The Morgan fingerprint density at radius 3 is 2.35 bits per heavy atom. The molecule has 0 spiro atoms. The highest BCUT2D eigenvalue weighted by atomic mass is 79.9. The summed E-state index contributed by atoms with van der Waals surface area (Å²) in [4.78, 5) is 12.1. The van der Waals surface area contributed by atoms with E-state index in [9.17, 15) is 4.79 Å². The second kappa shape index (κ2) is 8.26. The fourth-order valence-corrected chi connectivity index (χ4v) is 3.40. The summed E-state index contributed by atoms with van der Waals surface area (Å²) in [7, 11) is 3.30. The second-order valence-electron chi connectivity index (χ2n) is 4.79. The van der Waals surface area contributed by atoms with E-state index in [1.807, 2.05) is 36.4 Å². The maximum absolute atomic E-state index is 11.0. The zero-order chi connectivity index (χ0) is 16.8. The number of thioether (sulfide) groups is 1. The quantitative estimate of drug-likeness (QED) is 0.718. The molecule has 0 fully saturated rings. The minimum atomic E-state index is -0.0721. The summed E-state index contributed by atoms with van der Waals surface area (Å²) >= 11 is 5.15. The topological polar surface area (TPSA) is 47.6 Å². The summed E-state index contributed by atoms with van der Waals surface area (Å²) in [6, 6.07) is 11.6. The third-order valence-corrected chi connectivity index (χ3v) is 4.80. The van der Waals surface area contributed by atoms with Gasteiger partial charge in [0, 0.05) is 28.8 Å². The maximum atomic E-state index is 11.0. The van der Waals surface area contributed by atoms with Crippen molar-refractivity contribution in [3.63, 3.8) is 0 Å². The number of anilines is 1. The van der Waals surface area contributed by atoms with Gasteiger partial charge in [0.15, 0.2) is 0 Å². The SMILES string of the molecule is COc1cc(CSc2ccc(NC(C)=O)cc2)c(OC)cc1Br. The summed E-state index contributed by atoms with van der Waals surface area (Å²) in [6.07, 6.45) is 0. The van der Waals surface area contributed by atoms with Gasteiger partial charge in [-0.3, -0.25) is 4.79 Å². The average Bonchev–Trinajstić information content (AvgIpc) is 2.54. The average molecular weight is 396 g/mol. The monoisotopic (exact) mass is 395 g/mol. The van der Waals surface area contributed by atoms with E-state index in [-0.39, 0.29) is 5.91 Å². The van der Waals surface area contributed by atoms with Crippen LogP contribution < -0.4 is 14.8 Å². The summed E-state index contributed by atoms with van der Waals surface area (Å²) in [5, 5.41) is 2.76. The lowest BCUT2D eigenvalue weighted by atomic mass is 10.2. The normalized spacial score (nSPS) is 10.3. The Balaban J connectivity index is 2.09. The molecule has 0 bridgehead atoms. The predicted molar refractivity (Wildman–Crippen MR) is 97.6 cm³/mol. The minimum absolute atomic E-state index is 0.0721. The van der Waals surface area contributed by atoms with Crippen LogP contribution in [-0.4, -0.2) is 20.1 Å². The van der Waals surface area contributed by atoms with Crippen molar-refractivity contribution in [2.24, 2.45) is 0 Å². The molecule has 1 amide bonds. The van der Waals surface area contributed by atoms with Crippen molar-refractivity contribution in [1.29, 1.82) is 0 Å². The molecule has 0 aromatic heterocycles. The molecule has 6 heteroatoms. The van der Waals surface area contributed by atoms with Crippen LogP contribution in [0.25, 0.3) is 0 Å². The van der Waals surface area contributed by atoms with Crippen molar-refractivity contribution in [3.8, 4) is 11.5 Å². The largest absolute Gasteiger partial charge is 0.496 e. The third kappa shape index (κ3) is 4.91. The van der Waals surface area contributed by atoms with E-state index >= 15 is 0 Å². The molecule has 4 nitrogen and oxygen atoms in total. The van der Waals surface area contributed by atoms with Crippen LogP contribution >= 0.6 is 27.7 Å². The van der Waals surface area contributed by atoms with E-state index in [1.165, 1.54) is 6.92 Å². The maximum Gasteiger partial charge on any atom is 0.221 e. The molecule has 0 saturated carbocycles. The summed E-state index contributed by atoms with van der Waals surface area (Å²) in [6.45, 7) is 1.50. The number of carbonyl (C=O) groups is 1. The minimum Gasteiger partial charge on any atom is -0.496 e. The lowest BCUT2D eigenvalue weighted by Crippen LogP contribution is -2.05. The van der Waals surface area contributed by atoms with Gasteiger partial charge in [-0.15, -0.1) is 11.8 Å². The molecule has 0 atom stereocenters. The Morgan fingerprint density at radius 2 is 1.78 bits per heavy atom. The highest BCUT2D eigenvalue weighted by Crippen LogP contribution is 2.36.